The second-order valence-corrected chi connectivity index (χ2v) is 2.98. The Hall–Kier alpha value is -1.76. The number of fused-ring (bicyclic) bond motifs is 1. The van der Waals surface area contributed by atoms with Crippen molar-refractivity contribution in [1.29, 1.82) is 0 Å². The smallest absolute Gasteiger partial charge is 0.116 e. The van der Waals surface area contributed by atoms with Crippen molar-refractivity contribution in [1.82, 2.24) is 0 Å². The fourth-order valence-electron chi connectivity index (χ4n) is 1.48. The van der Waals surface area contributed by atoms with Gasteiger partial charge in [0.25, 0.3) is 0 Å². The summed E-state index contributed by atoms with van der Waals surface area (Å²) in [6, 6.07) is 11.6. The van der Waals surface area contributed by atoms with Crippen LogP contribution in [0.3, 0.4) is 0 Å². The number of phenols is 1. The van der Waals surface area contributed by atoms with E-state index in [0.29, 0.717) is 5.75 Å². The van der Waals surface area contributed by atoms with Crippen LogP contribution in [0.25, 0.3) is 10.8 Å². The Labute approximate surface area is 84.3 Å². The van der Waals surface area contributed by atoms with E-state index >= 15 is 0 Å². The molecule has 0 aliphatic heterocycles. The van der Waals surface area contributed by atoms with E-state index in [2.05, 4.69) is 19.2 Å². The molecule has 2 rings (SSSR count). The first-order chi connectivity index (χ1) is 6.77. The maximum absolute atomic E-state index is 9.31. The van der Waals surface area contributed by atoms with Gasteiger partial charge in [-0.3, -0.25) is 0 Å². The van der Waals surface area contributed by atoms with Crippen molar-refractivity contribution in [3.05, 3.63) is 55.1 Å². The van der Waals surface area contributed by atoms with Crippen molar-refractivity contribution in [2.24, 2.45) is 0 Å². The minimum Gasteiger partial charge on any atom is -0.508 e. The van der Waals surface area contributed by atoms with Gasteiger partial charge in [0.05, 0.1) is 0 Å². The van der Waals surface area contributed by atoms with E-state index in [1.807, 2.05) is 25.1 Å². The third kappa shape index (κ3) is 1.94. The Morgan fingerprint density at radius 2 is 1.71 bits per heavy atom. The molecule has 2 aromatic carbocycles. The summed E-state index contributed by atoms with van der Waals surface area (Å²) in [5, 5.41) is 11.6. The second-order valence-electron chi connectivity index (χ2n) is 2.98. The summed E-state index contributed by atoms with van der Waals surface area (Å²) in [5.41, 5.74) is 1.12. The van der Waals surface area contributed by atoms with E-state index < -0.39 is 0 Å². The molecule has 1 nitrogen and oxygen atoms in total. The van der Waals surface area contributed by atoms with Crippen LogP contribution in [0.4, 0.5) is 0 Å². The van der Waals surface area contributed by atoms with Gasteiger partial charge < -0.3 is 5.11 Å². The highest BCUT2D eigenvalue weighted by atomic mass is 16.3. The molecule has 0 saturated heterocycles. The Balaban J connectivity index is 0.000000461. The molecular formula is C13H14O. The largest absolute Gasteiger partial charge is 0.508 e. The van der Waals surface area contributed by atoms with E-state index in [1.165, 1.54) is 5.39 Å². The second kappa shape index (κ2) is 4.47. The van der Waals surface area contributed by atoms with Crippen molar-refractivity contribution in [2.75, 3.05) is 0 Å². The molecule has 1 heteroatoms. The van der Waals surface area contributed by atoms with Gasteiger partial charge in [0.2, 0.25) is 0 Å². The molecule has 72 valence electrons. The Morgan fingerprint density at radius 3 is 2.43 bits per heavy atom. The molecule has 14 heavy (non-hydrogen) atoms. The van der Waals surface area contributed by atoms with E-state index in [4.69, 9.17) is 0 Å². The highest BCUT2D eigenvalue weighted by Gasteiger charge is 1.97. The van der Waals surface area contributed by atoms with Crippen LogP contribution in [0, 0.1) is 6.92 Å². The van der Waals surface area contributed by atoms with Crippen molar-refractivity contribution in [2.45, 2.75) is 6.92 Å². The van der Waals surface area contributed by atoms with Gasteiger partial charge in [-0.05, 0) is 35.4 Å². The minimum absolute atomic E-state index is 0.339. The maximum Gasteiger partial charge on any atom is 0.116 e. The number of rotatable bonds is 0. The van der Waals surface area contributed by atoms with Crippen LogP contribution in [0.15, 0.2) is 49.6 Å². The summed E-state index contributed by atoms with van der Waals surface area (Å²) in [7, 11) is 0. The number of benzene rings is 2. The molecule has 2 aromatic rings. The van der Waals surface area contributed by atoms with Crippen LogP contribution in [0.2, 0.25) is 0 Å². The van der Waals surface area contributed by atoms with Gasteiger partial charge in [0, 0.05) is 0 Å². The molecule has 0 atom stereocenters. The van der Waals surface area contributed by atoms with Gasteiger partial charge >= 0.3 is 0 Å². The Bertz CT molecular complexity index is 432. The molecule has 0 unspecified atom stereocenters. The Kier molecular flexibility index (Phi) is 3.29. The average Bonchev–Trinajstić information content (AvgIpc) is 2.20. The molecule has 0 amide bonds. The van der Waals surface area contributed by atoms with Crippen molar-refractivity contribution in [3.8, 4) is 5.75 Å². The maximum atomic E-state index is 9.31. The normalized spacial score (nSPS) is 9.21. The molecule has 0 fully saturated rings. The van der Waals surface area contributed by atoms with Gasteiger partial charge in [-0.25, -0.2) is 0 Å². The summed E-state index contributed by atoms with van der Waals surface area (Å²) in [5.74, 6) is 0.339. The summed E-state index contributed by atoms with van der Waals surface area (Å²) < 4.78 is 0. The first kappa shape index (κ1) is 10.3. The van der Waals surface area contributed by atoms with E-state index in [9.17, 15) is 5.11 Å². The molecule has 0 aliphatic carbocycles. The summed E-state index contributed by atoms with van der Waals surface area (Å²) in [6.07, 6.45) is 0. The number of phenolic OH excluding ortho intramolecular Hbond substituents is 1. The predicted molar refractivity (Wildman–Crippen MR) is 61.6 cm³/mol. The van der Waals surface area contributed by atoms with Crippen molar-refractivity contribution < 1.29 is 5.11 Å². The average molecular weight is 186 g/mol. The van der Waals surface area contributed by atoms with E-state index in [0.717, 1.165) is 10.9 Å². The predicted octanol–water partition coefficient (Wildman–Crippen LogP) is 3.66. The fourth-order valence-corrected chi connectivity index (χ4v) is 1.48. The molecule has 0 aliphatic rings. The molecule has 0 spiro atoms. The van der Waals surface area contributed by atoms with Crippen LogP contribution in [0.5, 0.6) is 5.75 Å². The molecule has 0 bridgehead atoms. The van der Waals surface area contributed by atoms with Gasteiger partial charge in [0.15, 0.2) is 0 Å². The lowest BCUT2D eigenvalue weighted by Gasteiger charge is -2.01. The van der Waals surface area contributed by atoms with Crippen molar-refractivity contribution in [3.63, 3.8) is 0 Å². The van der Waals surface area contributed by atoms with Crippen LogP contribution in [0.1, 0.15) is 5.56 Å². The first-order valence-corrected chi connectivity index (χ1v) is 4.46. The van der Waals surface area contributed by atoms with E-state index in [-0.39, 0.29) is 0 Å². The van der Waals surface area contributed by atoms with Crippen LogP contribution < -0.4 is 0 Å². The Morgan fingerprint density at radius 1 is 1.07 bits per heavy atom. The summed E-state index contributed by atoms with van der Waals surface area (Å²) in [6.45, 7) is 8.00. The summed E-state index contributed by atoms with van der Waals surface area (Å²) in [4.78, 5) is 0. The standard InChI is InChI=1S/C11H10O.C2H4/c1-8-6-10(12)7-9-4-2-3-5-11(8)9;1-2/h2-7,12H,1H3;1-2H2. The topological polar surface area (TPSA) is 20.2 Å². The zero-order chi connectivity index (χ0) is 10.6. The quantitative estimate of drug-likeness (QED) is 0.622. The number of hydrogen-bond acceptors (Lipinski definition) is 1. The summed E-state index contributed by atoms with van der Waals surface area (Å²) >= 11 is 0. The van der Waals surface area contributed by atoms with Gasteiger partial charge in [-0.15, -0.1) is 13.2 Å². The molecule has 0 saturated carbocycles. The third-order valence-electron chi connectivity index (χ3n) is 2.05. The lowest BCUT2D eigenvalue weighted by Crippen LogP contribution is -1.77. The zero-order valence-electron chi connectivity index (χ0n) is 8.33. The lowest BCUT2D eigenvalue weighted by atomic mass is 10.1. The molecule has 0 radical (unpaired) electrons. The number of aryl methyl sites for hydroxylation is 1. The van der Waals surface area contributed by atoms with E-state index in [1.54, 1.807) is 12.1 Å². The SMILES string of the molecule is C=C.Cc1cc(O)cc2ccccc12. The number of aromatic hydroxyl groups is 1. The van der Waals surface area contributed by atoms with Crippen LogP contribution >= 0.6 is 0 Å². The van der Waals surface area contributed by atoms with Gasteiger partial charge in [-0.1, -0.05) is 24.3 Å². The van der Waals surface area contributed by atoms with Crippen LogP contribution in [-0.4, -0.2) is 5.11 Å². The highest BCUT2D eigenvalue weighted by Crippen LogP contribution is 2.23. The molecule has 0 aromatic heterocycles. The monoisotopic (exact) mass is 186 g/mol. The zero-order valence-corrected chi connectivity index (χ0v) is 8.33. The third-order valence-corrected chi connectivity index (χ3v) is 2.05. The molecule has 0 heterocycles. The van der Waals surface area contributed by atoms with Crippen LogP contribution in [-0.2, 0) is 0 Å². The minimum atomic E-state index is 0.339. The lowest BCUT2D eigenvalue weighted by molar-refractivity contribution is 0.476. The van der Waals surface area contributed by atoms with Crippen molar-refractivity contribution >= 4 is 10.8 Å². The molecule has 1 N–H and O–H groups in total. The van der Waals surface area contributed by atoms with Gasteiger partial charge in [-0.2, -0.15) is 0 Å². The fraction of sp³-hybridized carbons (Fsp3) is 0.0769. The highest BCUT2D eigenvalue weighted by molar-refractivity contribution is 5.86. The first-order valence-electron chi connectivity index (χ1n) is 4.46. The molecular weight excluding hydrogens is 172 g/mol. The van der Waals surface area contributed by atoms with Gasteiger partial charge in [0.1, 0.15) is 5.75 Å². The number of hydrogen-bond donors (Lipinski definition) is 1.